The van der Waals surface area contributed by atoms with Crippen molar-refractivity contribution in [3.8, 4) is 0 Å². The molecule has 0 bridgehead atoms. The van der Waals surface area contributed by atoms with Gasteiger partial charge in [-0.2, -0.15) is 13.2 Å². The molecule has 0 spiro atoms. The summed E-state index contributed by atoms with van der Waals surface area (Å²) in [6.45, 7) is 1.90. The van der Waals surface area contributed by atoms with Crippen LogP contribution in [0.4, 0.5) is 13.2 Å². The maximum absolute atomic E-state index is 13.9. The molecule has 1 aliphatic heterocycles. The fourth-order valence-corrected chi connectivity index (χ4v) is 4.05. The summed E-state index contributed by atoms with van der Waals surface area (Å²) in [6.07, 6.45) is -4.33. The summed E-state index contributed by atoms with van der Waals surface area (Å²) in [5, 5.41) is 3.71. The van der Waals surface area contributed by atoms with Gasteiger partial charge in [0, 0.05) is 41.0 Å². The summed E-state index contributed by atoms with van der Waals surface area (Å²) in [6, 6.07) is 12.3. The van der Waals surface area contributed by atoms with Gasteiger partial charge < -0.3 is 5.32 Å². The topological polar surface area (TPSA) is 15.3 Å². The number of benzene rings is 2. The average molecular weight is 460 g/mol. The molecule has 0 radical (unpaired) electrons. The molecular weight excluding hydrogens is 440 g/mol. The first-order chi connectivity index (χ1) is 11.9. The van der Waals surface area contributed by atoms with Gasteiger partial charge in [-0.3, -0.25) is 4.90 Å². The third-order valence-corrected chi connectivity index (χ3v) is 5.43. The van der Waals surface area contributed by atoms with Crippen LogP contribution in [-0.2, 0) is 0 Å². The lowest BCUT2D eigenvalue weighted by Gasteiger charge is -2.36. The van der Waals surface area contributed by atoms with E-state index in [0.29, 0.717) is 41.7 Å². The predicted octanol–water partition coefficient (Wildman–Crippen LogP) is 5.84. The van der Waals surface area contributed by atoms with Crippen molar-refractivity contribution in [3.05, 3.63) is 59.1 Å². The number of nitrogens with zero attached hydrogens (tertiary/aromatic N) is 1. The van der Waals surface area contributed by atoms with Crippen LogP contribution in [0.2, 0.25) is 5.02 Å². The van der Waals surface area contributed by atoms with Crippen LogP contribution in [-0.4, -0.2) is 37.3 Å². The Morgan fingerprint density at radius 3 is 2.15 bits per heavy atom. The van der Waals surface area contributed by atoms with Gasteiger partial charge in [-0.05, 0) is 35.9 Å². The number of nitrogens with one attached hydrogen (secondary N) is 1. The fraction of sp³-hybridized carbons (Fsp3) is 0.333. The second kappa shape index (κ2) is 10.8. The van der Waals surface area contributed by atoms with Crippen molar-refractivity contribution in [1.82, 2.24) is 10.2 Å². The summed E-state index contributed by atoms with van der Waals surface area (Å²) in [4.78, 5) is 2.99. The minimum absolute atomic E-state index is 0. The smallest absolute Gasteiger partial charge is 0.314 e. The molecule has 9 heteroatoms. The molecule has 1 atom stereocenters. The summed E-state index contributed by atoms with van der Waals surface area (Å²) in [5.41, 5.74) is 0.303. The van der Waals surface area contributed by atoms with Crippen LogP contribution in [0.15, 0.2) is 58.3 Å². The van der Waals surface area contributed by atoms with Gasteiger partial charge in [0.1, 0.15) is 6.04 Å². The van der Waals surface area contributed by atoms with E-state index in [1.165, 1.54) is 16.7 Å². The van der Waals surface area contributed by atoms with E-state index in [-0.39, 0.29) is 24.8 Å². The molecule has 2 aromatic carbocycles. The molecule has 0 saturated carbocycles. The van der Waals surface area contributed by atoms with Crippen LogP contribution in [0.25, 0.3) is 0 Å². The quantitative estimate of drug-likeness (QED) is 0.618. The van der Waals surface area contributed by atoms with E-state index < -0.39 is 12.2 Å². The van der Waals surface area contributed by atoms with Crippen molar-refractivity contribution in [2.45, 2.75) is 22.0 Å². The molecule has 0 aromatic heterocycles. The standard InChI is InChI=1S/C18H18ClF3N2S.2ClH/c19-13-5-7-14(8-6-13)25-16-4-2-1-3-15(16)17(18(20,21)22)24-11-9-23-10-12-24;;/h1-8,17,23H,9-12H2;2*1H/t17-;;/m1../s1. The molecule has 0 aliphatic carbocycles. The number of halogens is 6. The minimum atomic E-state index is -4.33. The predicted molar refractivity (Wildman–Crippen MR) is 110 cm³/mol. The Hall–Kier alpha value is -0.630. The maximum Gasteiger partial charge on any atom is 0.408 e. The first-order valence-electron chi connectivity index (χ1n) is 7.99. The van der Waals surface area contributed by atoms with Gasteiger partial charge in [-0.1, -0.05) is 41.6 Å². The largest absolute Gasteiger partial charge is 0.408 e. The Bertz CT molecular complexity index is 708. The highest BCUT2D eigenvalue weighted by molar-refractivity contribution is 7.99. The van der Waals surface area contributed by atoms with E-state index in [9.17, 15) is 13.2 Å². The lowest BCUT2D eigenvalue weighted by atomic mass is 10.0. The molecule has 1 N–H and O–H groups in total. The highest BCUT2D eigenvalue weighted by Gasteiger charge is 2.45. The lowest BCUT2D eigenvalue weighted by molar-refractivity contribution is -0.188. The van der Waals surface area contributed by atoms with Crippen LogP contribution in [0.3, 0.4) is 0 Å². The van der Waals surface area contributed by atoms with Gasteiger partial charge in [0.15, 0.2) is 0 Å². The third-order valence-electron chi connectivity index (χ3n) is 4.08. The molecule has 0 unspecified atom stereocenters. The normalized spacial score (nSPS) is 16.1. The van der Waals surface area contributed by atoms with Crippen molar-refractivity contribution in [2.75, 3.05) is 26.2 Å². The molecule has 0 amide bonds. The molecule has 3 rings (SSSR count). The zero-order chi connectivity index (χ0) is 17.9. The monoisotopic (exact) mass is 458 g/mol. The zero-order valence-electron chi connectivity index (χ0n) is 14.2. The number of hydrogen-bond donors (Lipinski definition) is 1. The van der Waals surface area contributed by atoms with Gasteiger partial charge in [-0.25, -0.2) is 0 Å². The minimum Gasteiger partial charge on any atom is -0.314 e. The van der Waals surface area contributed by atoms with Gasteiger partial charge in [0.25, 0.3) is 0 Å². The number of rotatable bonds is 4. The van der Waals surface area contributed by atoms with Crippen molar-refractivity contribution in [3.63, 3.8) is 0 Å². The fourth-order valence-electron chi connectivity index (χ4n) is 2.95. The molecule has 1 heterocycles. The highest BCUT2D eigenvalue weighted by atomic mass is 35.5. The summed E-state index contributed by atoms with van der Waals surface area (Å²) >= 11 is 7.22. The van der Waals surface area contributed by atoms with Gasteiger partial charge in [-0.15, -0.1) is 24.8 Å². The van der Waals surface area contributed by atoms with Crippen molar-refractivity contribution >= 4 is 48.2 Å². The Kier molecular flexibility index (Phi) is 9.75. The third kappa shape index (κ3) is 6.44. The van der Waals surface area contributed by atoms with Crippen molar-refractivity contribution in [1.29, 1.82) is 0 Å². The molecule has 1 fully saturated rings. The van der Waals surface area contributed by atoms with Crippen LogP contribution < -0.4 is 5.32 Å². The number of hydrogen-bond acceptors (Lipinski definition) is 3. The molecule has 1 saturated heterocycles. The second-order valence-corrected chi connectivity index (χ2v) is 7.38. The van der Waals surface area contributed by atoms with Gasteiger partial charge in [0.05, 0.1) is 0 Å². The number of piperazine rings is 1. The van der Waals surface area contributed by atoms with E-state index in [1.807, 2.05) is 12.1 Å². The van der Waals surface area contributed by atoms with Crippen LogP contribution in [0, 0.1) is 0 Å². The van der Waals surface area contributed by atoms with E-state index in [1.54, 1.807) is 36.4 Å². The van der Waals surface area contributed by atoms with E-state index in [2.05, 4.69) is 5.32 Å². The van der Waals surface area contributed by atoms with E-state index >= 15 is 0 Å². The first-order valence-corrected chi connectivity index (χ1v) is 9.18. The van der Waals surface area contributed by atoms with Crippen molar-refractivity contribution < 1.29 is 13.2 Å². The number of alkyl halides is 3. The SMILES string of the molecule is Cl.Cl.FC(F)(F)[C@@H](c1ccccc1Sc1ccc(Cl)cc1)N1CCNCC1. The average Bonchev–Trinajstić information content (AvgIpc) is 2.58. The molecule has 150 valence electrons. The highest BCUT2D eigenvalue weighted by Crippen LogP contribution is 2.43. The summed E-state index contributed by atoms with van der Waals surface area (Å²) < 4.78 is 41.6. The molecule has 27 heavy (non-hydrogen) atoms. The van der Waals surface area contributed by atoms with Crippen LogP contribution in [0.1, 0.15) is 11.6 Å². The Morgan fingerprint density at radius 2 is 1.56 bits per heavy atom. The summed E-state index contributed by atoms with van der Waals surface area (Å²) in [5.74, 6) is 0. The second-order valence-electron chi connectivity index (χ2n) is 5.82. The van der Waals surface area contributed by atoms with Crippen LogP contribution in [0.5, 0.6) is 0 Å². The molecule has 2 nitrogen and oxygen atoms in total. The van der Waals surface area contributed by atoms with Crippen molar-refractivity contribution in [2.24, 2.45) is 0 Å². The van der Waals surface area contributed by atoms with Gasteiger partial charge in [0.2, 0.25) is 0 Å². The van der Waals surface area contributed by atoms with Crippen LogP contribution >= 0.6 is 48.2 Å². The van der Waals surface area contributed by atoms with E-state index in [4.69, 9.17) is 11.6 Å². The zero-order valence-corrected chi connectivity index (χ0v) is 17.4. The first kappa shape index (κ1) is 24.4. The van der Waals surface area contributed by atoms with E-state index in [0.717, 1.165) is 4.90 Å². The Balaban J connectivity index is 0.00000182. The molecule has 1 aliphatic rings. The lowest BCUT2D eigenvalue weighted by Crippen LogP contribution is -2.49. The summed E-state index contributed by atoms with van der Waals surface area (Å²) in [7, 11) is 0. The van der Waals surface area contributed by atoms with Gasteiger partial charge >= 0.3 is 6.18 Å². The molecule has 2 aromatic rings. The maximum atomic E-state index is 13.9. The Morgan fingerprint density at radius 1 is 0.963 bits per heavy atom. The molecular formula is C18H20Cl3F3N2S. The Labute approximate surface area is 178 Å².